The first-order valence-electron chi connectivity index (χ1n) is 9.09. The number of hydrogen-bond donors (Lipinski definition) is 1. The Bertz CT molecular complexity index is 954. The number of nitrogens with zero attached hydrogens (tertiary/aromatic N) is 1. The van der Waals surface area contributed by atoms with E-state index in [0.717, 1.165) is 12.8 Å². The average molecular weight is 441 g/mol. The quantitative estimate of drug-likeness (QED) is 0.660. The number of hydrogen-bond acceptors (Lipinski definition) is 4. The molecule has 0 spiro atoms. The molecule has 2 aromatic carbocycles. The lowest BCUT2D eigenvalue weighted by Crippen LogP contribution is -2.37. The van der Waals surface area contributed by atoms with E-state index in [1.54, 1.807) is 30.3 Å². The van der Waals surface area contributed by atoms with E-state index in [4.69, 9.17) is 23.2 Å². The lowest BCUT2D eigenvalue weighted by molar-refractivity contribution is 0.101. The molecular weight excluding hydrogens is 419 g/mol. The molecule has 8 heteroatoms. The molecule has 0 saturated carbocycles. The van der Waals surface area contributed by atoms with Crippen LogP contribution in [0.4, 0.5) is 5.69 Å². The molecule has 1 aliphatic rings. The molecule has 3 rings (SSSR count). The number of rotatable bonds is 6. The minimum Gasteiger partial charge on any atom is -0.376 e. The zero-order chi connectivity index (χ0) is 20.3. The monoisotopic (exact) mass is 440 g/mol. The maximum atomic E-state index is 12.8. The van der Waals surface area contributed by atoms with Crippen LogP contribution in [0.1, 0.15) is 30.1 Å². The second-order valence-corrected chi connectivity index (χ2v) is 9.79. The molecule has 0 amide bonds. The lowest BCUT2D eigenvalue weighted by atomic mass is 10.0. The normalized spacial score (nSPS) is 16.1. The lowest BCUT2D eigenvalue weighted by Gasteiger charge is -2.29. The van der Waals surface area contributed by atoms with Crippen molar-refractivity contribution in [1.82, 2.24) is 4.31 Å². The number of Topliss-reactive ketones (excluding diaryl/α,β-unsaturated/α-hetero) is 1. The predicted octanol–water partition coefficient (Wildman–Crippen LogP) is 4.71. The van der Waals surface area contributed by atoms with Crippen LogP contribution in [0, 0.1) is 5.92 Å². The molecule has 2 aromatic rings. The van der Waals surface area contributed by atoms with Gasteiger partial charge in [0.1, 0.15) is 0 Å². The van der Waals surface area contributed by atoms with Crippen molar-refractivity contribution < 1.29 is 13.2 Å². The van der Waals surface area contributed by atoms with Gasteiger partial charge in [0.2, 0.25) is 10.0 Å². The Hall–Kier alpha value is -1.60. The molecule has 150 valence electrons. The van der Waals surface area contributed by atoms with E-state index in [0.29, 0.717) is 40.3 Å². The van der Waals surface area contributed by atoms with Gasteiger partial charge in [-0.1, -0.05) is 30.1 Å². The van der Waals surface area contributed by atoms with E-state index >= 15 is 0 Å². The summed E-state index contributed by atoms with van der Waals surface area (Å²) in [4.78, 5) is 12.6. The fraction of sp³-hybridized carbons (Fsp3) is 0.350. The predicted molar refractivity (Wildman–Crippen MR) is 113 cm³/mol. The largest absolute Gasteiger partial charge is 0.376 e. The minimum atomic E-state index is -3.52. The number of benzene rings is 2. The first-order valence-corrected chi connectivity index (χ1v) is 11.3. The molecule has 0 atom stereocenters. The zero-order valence-corrected chi connectivity index (χ0v) is 17.8. The summed E-state index contributed by atoms with van der Waals surface area (Å²) in [7, 11) is -3.52. The van der Waals surface area contributed by atoms with Crippen molar-refractivity contribution in [2.45, 2.75) is 24.7 Å². The Morgan fingerprint density at radius 2 is 1.75 bits per heavy atom. The first kappa shape index (κ1) is 21.1. The molecule has 0 aromatic heterocycles. The average Bonchev–Trinajstić information content (AvgIpc) is 2.67. The molecule has 0 unspecified atom stereocenters. The van der Waals surface area contributed by atoms with E-state index in [9.17, 15) is 13.2 Å². The van der Waals surface area contributed by atoms with Crippen LogP contribution in [0.25, 0.3) is 0 Å². The number of sulfonamides is 1. The number of piperidine rings is 1. The van der Waals surface area contributed by atoms with Crippen molar-refractivity contribution in [3.8, 4) is 0 Å². The second-order valence-electron chi connectivity index (χ2n) is 7.01. The van der Waals surface area contributed by atoms with Gasteiger partial charge in [-0.25, -0.2) is 8.42 Å². The number of halogens is 2. The maximum absolute atomic E-state index is 12.8. The van der Waals surface area contributed by atoms with Crippen LogP contribution in [0.2, 0.25) is 10.0 Å². The number of anilines is 1. The van der Waals surface area contributed by atoms with E-state index in [1.165, 1.54) is 16.4 Å². The van der Waals surface area contributed by atoms with Gasteiger partial charge in [-0.3, -0.25) is 4.79 Å². The Morgan fingerprint density at radius 3 is 2.36 bits per heavy atom. The third kappa shape index (κ3) is 4.87. The van der Waals surface area contributed by atoms with Crippen LogP contribution in [0.5, 0.6) is 0 Å². The summed E-state index contributed by atoms with van der Waals surface area (Å²) in [6.45, 7) is 3.25. The van der Waals surface area contributed by atoms with E-state index in [-0.39, 0.29) is 17.2 Å². The summed E-state index contributed by atoms with van der Waals surface area (Å²) in [5.41, 5.74) is 1.04. The van der Waals surface area contributed by atoms with Gasteiger partial charge in [0.05, 0.1) is 22.2 Å². The summed E-state index contributed by atoms with van der Waals surface area (Å²) >= 11 is 11.9. The minimum absolute atomic E-state index is 0.0391. The molecular formula is C20H22Cl2N2O3S. The molecule has 0 radical (unpaired) electrons. The molecule has 1 fully saturated rings. The SMILES string of the molecule is CC1CCN(S(=O)(=O)c2ccc(C(=O)CNc3ccc(Cl)cc3Cl)cc2)CC1. The Labute approximate surface area is 175 Å². The highest BCUT2D eigenvalue weighted by molar-refractivity contribution is 7.89. The fourth-order valence-corrected chi connectivity index (χ4v) is 5.04. The molecule has 1 saturated heterocycles. The van der Waals surface area contributed by atoms with E-state index in [2.05, 4.69) is 12.2 Å². The molecule has 1 N–H and O–H groups in total. The smallest absolute Gasteiger partial charge is 0.243 e. The Balaban J connectivity index is 1.65. The van der Waals surface area contributed by atoms with Crippen molar-refractivity contribution in [2.24, 2.45) is 5.92 Å². The highest BCUT2D eigenvalue weighted by Gasteiger charge is 2.28. The number of carbonyl (C=O) groups excluding carboxylic acids is 1. The first-order chi connectivity index (χ1) is 13.3. The van der Waals surface area contributed by atoms with Gasteiger partial charge in [-0.2, -0.15) is 4.31 Å². The maximum Gasteiger partial charge on any atom is 0.243 e. The third-order valence-corrected chi connectivity index (χ3v) is 7.39. The van der Waals surface area contributed by atoms with E-state index < -0.39 is 10.0 Å². The third-order valence-electron chi connectivity index (χ3n) is 4.93. The fourth-order valence-electron chi connectivity index (χ4n) is 3.10. The topological polar surface area (TPSA) is 66.5 Å². The molecule has 5 nitrogen and oxygen atoms in total. The Morgan fingerprint density at radius 1 is 1.11 bits per heavy atom. The van der Waals surface area contributed by atoms with Crippen LogP contribution in [-0.4, -0.2) is 38.1 Å². The highest BCUT2D eigenvalue weighted by atomic mass is 35.5. The summed E-state index contributed by atoms with van der Waals surface area (Å²) in [6, 6.07) is 11.1. The molecule has 1 aliphatic heterocycles. The van der Waals surface area contributed by atoms with Gasteiger partial charge >= 0.3 is 0 Å². The number of nitrogens with one attached hydrogen (secondary N) is 1. The second kappa shape index (κ2) is 8.82. The van der Waals surface area contributed by atoms with Gasteiger partial charge in [0, 0.05) is 23.7 Å². The molecule has 28 heavy (non-hydrogen) atoms. The standard InChI is InChI=1S/C20H22Cl2N2O3S/c1-14-8-10-24(11-9-14)28(26,27)17-5-2-15(3-6-17)20(25)13-23-19-7-4-16(21)12-18(19)22/h2-7,12,14,23H,8-11,13H2,1H3. The Kier molecular flexibility index (Phi) is 6.65. The van der Waals surface area contributed by atoms with Crippen molar-refractivity contribution >= 4 is 44.7 Å². The summed E-state index contributed by atoms with van der Waals surface area (Å²) in [5.74, 6) is 0.384. The van der Waals surface area contributed by atoms with Crippen molar-refractivity contribution in [1.29, 1.82) is 0 Å². The summed E-state index contributed by atoms with van der Waals surface area (Å²) < 4.78 is 27.0. The van der Waals surface area contributed by atoms with Gasteiger partial charge in [-0.05, 0) is 61.2 Å². The van der Waals surface area contributed by atoms with Crippen LogP contribution in [0.15, 0.2) is 47.4 Å². The molecule has 0 aliphatic carbocycles. The van der Waals surface area contributed by atoms with Crippen LogP contribution >= 0.6 is 23.2 Å². The van der Waals surface area contributed by atoms with Crippen LogP contribution < -0.4 is 5.32 Å². The number of carbonyl (C=O) groups is 1. The molecule has 1 heterocycles. The zero-order valence-electron chi connectivity index (χ0n) is 15.5. The van der Waals surface area contributed by atoms with Crippen LogP contribution in [-0.2, 0) is 10.0 Å². The highest BCUT2D eigenvalue weighted by Crippen LogP contribution is 2.26. The van der Waals surface area contributed by atoms with Gasteiger partial charge in [-0.15, -0.1) is 0 Å². The molecule has 0 bridgehead atoms. The van der Waals surface area contributed by atoms with Crippen molar-refractivity contribution in [3.63, 3.8) is 0 Å². The number of ketones is 1. The van der Waals surface area contributed by atoms with Crippen molar-refractivity contribution in [2.75, 3.05) is 25.0 Å². The summed E-state index contributed by atoms with van der Waals surface area (Å²) in [5, 5.41) is 3.92. The van der Waals surface area contributed by atoms with Gasteiger partial charge < -0.3 is 5.32 Å². The van der Waals surface area contributed by atoms with Crippen molar-refractivity contribution in [3.05, 3.63) is 58.1 Å². The van der Waals surface area contributed by atoms with Gasteiger partial charge in [0.25, 0.3) is 0 Å². The van der Waals surface area contributed by atoms with Gasteiger partial charge in [0.15, 0.2) is 5.78 Å². The van der Waals surface area contributed by atoms with Crippen LogP contribution in [0.3, 0.4) is 0 Å². The van der Waals surface area contributed by atoms with E-state index in [1.807, 2.05) is 0 Å². The summed E-state index contributed by atoms with van der Waals surface area (Å²) in [6.07, 6.45) is 1.74.